The monoisotopic (exact) mass is 390 g/mol. The highest BCUT2D eigenvalue weighted by Crippen LogP contribution is 2.34. The Hall–Kier alpha value is -1.94. The molecule has 0 unspecified atom stereocenters. The molecule has 1 saturated heterocycles. The molecule has 2 heterocycles. The summed E-state index contributed by atoms with van der Waals surface area (Å²) in [6.45, 7) is 10.2. The third kappa shape index (κ3) is 4.22. The van der Waals surface area contributed by atoms with E-state index in [4.69, 9.17) is 0 Å². The second-order valence-corrected chi connectivity index (χ2v) is 8.96. The molecular formula is C25H30N2S. The number of hydrogen-bond acceptors (Lipinski definition) is 3. The highest BCUT2D eigenvalue weighted by atomic mass is 32.1. The van der Waals surface area contributed by atoms with Crippen molar-refractivity contribution in [2.24, 2.45) is 0 Å². The molecule has 0 N–H and O–H groups in total. The Morgan fingerprint density at radius 1 is 0.929 bits per heavy atom. The number of thiophene rings is 1. The smallest absolute Gasteiger partial charge is 0.0613 e. The molecule has 0 amide bonds. The SMILES string of the molecule is Cc1cccc([C@@H](c2ccsc2)N2C[C@@H](C)N(Cc3ccccc3)C[C@@H]2C)c1. The van der Waals surface area contributed by atoms with E-state index in [0.717, 1.165) is 19.6 Å². The summed E-state index contributed by atoms with van der Waals surface area (Å²) in [6.07, 6.45) is 0. The van der Waals surface area contributed by atoms with Crippen LogP contribution in [0.15, 0.2) is 71.4 Å². The van der Waals surface area contributed by atoms with Gasteiger partial charge in [0.2, 0.25) is 0 Å². The van der Waals surface area contributed by atoms with E-state index in [1.54, 1.807) is 11.3 Å². The van der Waals surface area contributed by atoms with Crippen LogP contribution >= 0.6 is 11.3 Å². The highest BCUT2D eigenvalue weighted by molar-refractivity contribution is 7.08. The van der Waals surface area contributed by atoms with E-state index in [-0.39, 0.29) is 0 Å². The molecule has 1 fully saturated rings. The summed E-state index contributed by atoms with van der Waals surface area (Å²) in [5.74, 6) is 0. The molecular weight excluding hydrogens is 360 g/mol. The first-order valence-electron chi connectivity index (χ1n) is 10.2. The molecule has 146 valence electrons. The molecule has 2 aromatic carbocycles. The Bertz CT molecular complexity index is 875. The van der Waals surface area contributed by atoms with Crippen molar-refractivity contribution < 1.29 is 0 Å². The van der Waals surface area contributed by atoms with Gasteiger partial charge in [-0.2, -0.15) is 11.3 Å². The summed E-state index contributed by atoms with van der Waals surface area (Å²) in [6, 6.07) is 23.6. The van der Waals surface area contributed by atoms with E-state index in [1.165, 1.54) is 22.3 Å². The number of piperazine rings is 1. The zero-order chi connectivity index (χ0) is 19.5. The van der Waals surface area contributed by atoms with Crippen LogP contribution in [0.3, 0.4) is 0 Å². The lowest BCUT2D eigenvalue weighted by atomic mass is 9.94. The van der Waals surface area contributed by atoms with Crippen LogP contribution in [0.1, 0.15) is 42.1 Å². The van der Waals surface area contributed by atoms with Gasteiger partial charge in [0.05, 0.1) is 6.04 Å². The summed E-state index contributed by atoms with van der Waals surface area (Å²) >= 11 is 1.80. The van der Waals surface area contributed by atoms with Gasteiger partial charge in [-0.15, -0.1) is 0 Å². The minimum absolute atomic E-state index is 0.336. The van der Waals surface area contributed by atoms with Gasteiger partial charge in [0.25, 0.3) is 0 Å². The fourth-order valence-electron chi connectivity index (χ4n) is 4.47. The number of aryl methyl sites for hydroxylation is 1. The normalized spacial score (nSPS) is 22.2. The lowest BCUT2D eigenvalue weighted by Crippen LogP contribution is -2.56. The topological polar surface area (TPSA) is 6.48 Å². The predicted molar refractivity (Wildman–Crippen MR) is 120 cm³/mol. The molecule has 1 aromatic heterocycles. The van der Waals surface area contributed by atoms with Gasteiger partial charge in [0, 0.05) is 31.7 Å². The minimum Gasteiger partial charge on any atom is -0.294 e. The molecule has 3 aromatic rings. The first-order chi connectivity index (χ1) is 13.6. The average Bonchev–Trinajstić information content (AvgIpc) is 3.21. The van der Waals surface area contributed by atoms with E-state index >= 15 is 0 Å². The van der Waals surface area contributed by atoms with Gasteiger partial charge in [-0.25, -0.2) is 0 Å². The van der Waals surface area contributed by atoms with Crippen molar-refractivity contribution in [1.29, 1.82) is 0 Å². The fraction of sp³-hybridized carbons (Fsp3) is 0.360. The van der Waals surface area contributed by atoms with Crippen LogP contribution in [0.4, 0.5) is 0 Å². The van der Waals surface area contributed by atoms with Crippen LogP contribution in [0, 0.1) is 6.92 Å². The van der Waals surface area contributed by atoms with Gasteiger partial charge < -0.3 is 0 Å². The third-order valence-corrected chi connectivity index (χ3v) is 6.64. The van der Waals surface area contributed by atoms with Crippen molar-refractivity contribution >= 4 is 11.3 Å². The maximum absolute atomic E-state index is 2.71. The van der Waals surface area contributed by atoms with Crippen molar-refractivity contribution in [2.75, 3.05) is 13.1 Å². The maximum Gasteiger partial charge on any atom is 0.0613 e. The lowest BCUT2D eigenvalue weighted by Gasteiger charge is -2.47. The molecule has 1 aliphatic heterocycles. The van der Waals surface area contributed by atoms with Crippen molar-refractivity contribution in [1.82, 2.24) is 9.80 Å². The predicted octanol–water partition coefficient (Wildman–Crippen LogP) is 5.74. The Kier molecular flexibility index (Phi) is 5.96. The van der Waals surface area contributed by atoms with Crippen LogP contribution in [0.25, 0.3) is 0 Å². The van der Waals surface area contributed by atoms with Crippen LogP contribution in [0.2, 0.25) is 0 Å². The summed E-state index contributed by atoms with van der Waals surface area (Å²) < 4.78 is 0. The van der Waals surface area contributed by atoms with Gasteiger partial charge in [-0.1, -0.05) is 60.2 Å². The second kappa shape index (κ2) is 8.60. The highest BCUT2D eigenvalue weighted by Gasteiger charge is 2.34. The Labute approximate surface area is 173 Å². The third-order valence-electron chi connectivity index (χ3n) is 5.94. The van der Waals surface area contributed by atoms with Gasteiger partial charge in [-0.05, 0) is 54.3 Å². The number of hydrogen-bond donors (Lipinski definition) is 0. The van der Waals surface area contributed by atoms with Gasteiger partial charge in [0.1, 0.15) is 0 Å². The zero-order valence-corrected chi connectivity index (χ0v) is 17.9. The van der Waals surface area contributed by atoms with E-state index < -0.39 is 0 Å². The first kappa shape index (κ1) is 19.4. The van der Waals surface area contributed by atoms with Crippen molar-refractivity contribution in [3.8, 4) is 0 Å². The van der Waals surface area contributed by atoms with Gasteiger partial charge >= 0.3 is 0 Å². The Morgan fingerprint density at radius 2 is 1.75 bits per heavy atom. The summed E-state index contributed by atoms with van der Waals surface area (Å²) in [7, 11) is 0. The summed E-state index contributed by atoms with van der Waals surface area (Å²) in [4.78, 5) is 5.35. The summed E-state index contributed by atoms with van der Waals surface area (Å²) in [5.41, 5.74) is 5.57. The lowest BCUT2D eigenvalue weighted by molar-refractivity contribution is 0.0196. The van der Waals surface area contributed by atoms with Gasteiger partial charge in [0.15, 0.2) is 0 Å². The quantitative estimate of drug-likeness (QED) is 0.548. The van der Waals surface area contributed by atoms with Crippen molar-refractivity contribution in [2.45, 2.75) is 45.4 Å². The van der Waals surface area contributed by atoms with Crippen molar-refractivity contribution in [3.63, 3.8) is 0 Å². The Balaban J connectivity index is 1.58. The minimum atomic E-state index is 0.336. The van der Waals surface area contributed by atoms with Gasteiger partial charge in [-0.3, -0.25) is 9.80 Å². The number of rotatable bonds is 5. The maximum atomic E-state index is 2.71. The summed E-state index contributed by atoms with van der Waals surface area (Å²) in [5, 5.41) is 4.53. The Morgan fingerprint density at radius 3 is 2.46 bits per heavy atom. The number of benzene rings is 2. The molecule has 3 heteroatoms. The molecule has 0 bridgehead atoms. The molecule has 1 aliphatic rings. The molecule has 3 atom stereocenters. The first-order valence-corrected chi connectivity index (χ1v) is 11.2. The molecule has 0 saturated carbocycles. The van der Waals surface area contributed by atoms with E-state index in [2.05, 4.69) is 102 Å². The number of nitrogens with zero attached hydrogens (tertiary/aromatic N) is 2. The zero-order valence-electron chi connectivity index (χ0n) is 17.1. The molecule has 4 rings (SSSR count). The standard InChI is InChI=1S/C25H30N2S/c1-19-8-7-11-23(14-19)25(24-12-13-28-18-24)27-16-20(2)26(15-21(27)3)17-22-9-5-4-6-10-22/h4-14,18,20-21,25H,15-17H2,1-3H3/t20-,21+,25+/m1/s1. The van der Waals surface area contributed by atoms with E-state index in [1.807, 2.05) is 0 Å². The van der Waals surface area contributed by atoms with E-state index in [9.17, 15) is 0 Å². The largest absolute Gasteiger partial charge is 0.294 e. The fourth-order valence-corrected chi connectivity index (χ4v) is 5.15. The van der Waals surface area contributed by atoms with E-state index in [0.29, 0.717) is 18.1 Å². The molecule has 0 aliphatic carbocycles. The molecule has 0 radical (unpaired) electrons. The van der Waals surface area contributed by atoms with Crippen LogP contribution in [-0.4, -0.2) is 35.0 Å². The van der Waals surface area contributed by atoms with Crippen LogP contribution in [0.5, 0.6) is 0 Å². The average molecular weight is 391 g/mol. The molecule has 2 nitrogen and oxygen atoms in total. The molecule has 0 spiro atoms. The van der Waals surface area contributed by atoms with Crippen LogP contribution in [-0.2, 0) is 6.54 Å². The second-order valence-electron chi connectivity index (χ2n) is 8.18. The van der Waals surface area contributed by atoms with Crippen LogP contribution < -0.4 is 0 Å². The molecule has 28 heavy (non-hydrogen) atoms. The van der Waals surface area contributed by atoms with Crippen molar-refractivity contribution in [3.05, 3.63) is 93.7 Å².